The summed E-state index contributed by atoms with van der Waals surface area (Å²) in [4.78, 5) is 42.0. The lowest BCUT2D eigenvalue weighted by molar-refractivity contribution is -0.152. The van der Waals surface area contributed by atoms with E-state index in [9.17, 15) is 19.9 Å². The molecule has 0 spiro atoms. The van der Waals surface area contributed by atoms with Crippen molar-refractivity contribution < 1.29 is 18.8 Å². The molecule has 2 aliphatic heterocycles. The molecule has 0 aromatic heterocycles. The molecule has 0 amide bonds. The van der Waals surface area contributed by atoms with Crippen molar-refractivity contribution >= 4 is 24.5 Å². The van der Waals surface area contributed by atoms with Crippen LogP contribution in [0.1, 0.15) is 46.1 Å². The second-order valence-electron chi connectivity index (χ2n) is 10.8. The molecule has 12 heteroatoms. The maximum atomic E-state index is 13.5. The minimum Gasteiger partial charge on any atom is -0.460 e. The zero-order valence-electron chi connectivity index (χ0n) is 21.6. The van der Waals surface area contributed by atoms with Crippen LogP contribution in [0.15, 0.2) is 45.0 Å². The molecule has 2 heterocycles. The van der Waals surface area contributed by atoms with E-state index in [4.69, 9.17) is 19.8 Å². The van der Waals surface area contributed by atoms with Crippen LogP contribution in [0.2, 0.25) is 6.32 Å². The number of carbonyl (C=O) groups is 1. The van der Waals surface area contributed by atoms with Crippen molar-refractivity contribution in [3.63, 3.8) is 0 Å². The lowest BCUT2D eigenvalue weighted by Gasteiger charge is -2.32. The predicted octanol–water partition coefficient (Wildman–Crippen LogP) is 2.97. The number of azide groups is 1. The van der Waals surface area contributed by atoms with Crippen LogP contribution >= 0.6 is 0 Å². The van der Waals surface area contributed by atoms with Crippen molar-refractivity contribution in [3.05, 3.63) is 66.8 Å². The molecule has 11 nitrogen and oxygen atoms in total. The van der Waals surface area contributed by atoms with Crippen LogP contribution in [-0.2, 0) is 25.4 Å². The molecule has 0 bridgehead atoms. The largest absolute Gasteiger partial charge is 0.460 e. The second kappa shape index (κ2) is 9.85. The number of nitrogens with zero attached hydrogens (tertiary/aromatic N) is 4. The molecule has 0 saturated carbocycles. The van der Waals surface area contributed by atoms with E-state index < -0.39 is 46.6 Å². The van der Waals surface area contributed by atoms with Crippen LogP contribution in [0.3, 0.4) is 0 Å². The van der Waals surface area contributed by atoms with Crippen LogP contribution < -0.4 is 21.5 Å². The van der Waals surface area contributed by atoms with Crippen LogP contribution in [0.25, 0.3) is 10.4 Å². The molecule has 2 aromatic rings. The molecule has 2 atom stereocenters. The Balaban J connectivity index is 1.54. The van der Waals surface area contributed by atoms with E-state index in [0.29, 0.717) is 19.2 Å². The third kappa shape index (κ3) is 4.84. The number of ether oxygens (including phenoxy) is 1. The Kier molecular flexibility index (Phi) is 7.11. The molecular weight excluding hydrogens is 477 g/mol. The number of carbonyl (C=O) groups excluding carboxylic acids is 1. The van der Waals surface area contributed by atoms with Gasteiger partial charge in [-0.25, -0.2) is 0 Å². The number of rotatable bonds is 9. The molecule has 37 heavy (non-hydrogen) atoms. The summed E-state index contributed by atoms with van der Waals surface area (Å²) < 4.78 is 17.8. The first kappa shape index (κ1) is 26.7. The average molecular weight is 509 g/mol. The number of hydrogen-bond acceptors (Lipinski definition) is 9. The topological polar surface area (TPSA) is 157 Å². The monoisotopic (exact) mass is 509 g/mol. The van der Waals surface area contributed by atoms with Gasteiger partial charge in [-0.05, 0) is 51.5 Å². The van der Waals surface area contributed by atoms with Crippen molar-refractivity contribution in [2.75, 3.05) is 23.7 Å². The zero-order chi connectivity index (χ0) is 27.0. The maximum Gasteiger partial charge on any atom is 0.457 e. The third-order valence-electron chi connectivity index (χ3n) is 7.87. The quantitative estimate of drug-likeness (QED) is 0.135. The number of nitrogen functional groups attached to an aromatic ring is 1. The van der Waals surface area contributed by atoms with E-state index in [1.807, 2.05) is 58.0 Å². The lowest BCUT2D eigenvalue weighted by Crippen LogP contribution is -2.47. The fourth-order valence-electron chi connectivity index (χ4n) is 5.04. The van der Waals surface area contributed by atoms with Gasteiger partial charge in [-0.1, -0.05) is 41.9 Å². The summed E-state index contributed by atoms with van der Waals surface area (Å²) >= 11 is 0. The number of hydrogen-bond donors (Lipinski definition) is 1. The molecular formula is C25H32BN5O6. The Morgan fingerprint density at radius 2 is 1.84 bits per heavy atom. The summed E-state index contributed by atoms with van der Waals surface area (Å²) in [5.41, 5.74) is 12.0. The van der Waals surface area contributed by atoms with Gasteiger partial charge < -0.3 is 24.7 Å². The third-order valence-corrected chi connectivity index (χ3v) is 7.87. The smallest absolute Gasteiger partial charge is 0.457 e. The van der Waals surface area contributed by atoms with E-state index in [1.165, 1.54) is 0 Å². The van der Waals surface area contributed by atoms with Gasteiger partial charge in [0.05, 0.1) is 11.2 Å². The predicted molar refractivity (Wildman–Crippen MR) is 140 cm³/mol. The Hall–Kier alpha value is -3.34. The van der Waals surface area contributed by atoms with Crippen molar-refractivity contribution in [1.82, 2.24) is 0 Å². The summed E-state index contributed by atoms with van der Waals surface area (Å²) in [7, 11) is -0.411. The van der Waals surface area contributed by atoms with Crippen LogP contribution in [0.4, 0.5) is 11.4 Å². The molecule has 2 aliphatic rings. The van der Waals surface area contributed by atoms with Crippen molar-refractivity contribution in [2.45, 2.75) is 70.2 Å². The number of anilines is 2. The van der Waals surface area contributed by atoms with Gasteiger partial charge in [0.1, 0.15) is 18.0 Å². The first-order valence-electron chi connectivity index (χ1n) is 12.4. The van der Waals surface area contributed by atoms with Gasteiger partial charge in [0.15, 0.2) is 5.54 Å². The minimum atomic E-state index is -1.59. The van der Waals surface area contributed by atoms with Gasteiger partial charge >= 0.3 is 13.1 Å². The molecule has 0 radical (unpaired) electrons. The number of benzene rings is 1. The van der Waals surface area contributed by atoms with Gasteiger partial charge in [-0.15, -0.1) is 0 Å². The minimum absolute atomic E-state index is 0.00522. The zero-order valence-corrected chi connectivity index (χ0v) is 21.6. The number of nitrogens with two attached hydrogens (primary N) is 1. The van der Waals surface area contributed by atoms with Gasteiger partial charge in [0.25, 0.3) is 10.9 Å². The molecule has 2 fully saturated rings. The Morgan fingerprint density at radius 1 is 1.19 bits per heavy atom. The highest BCUT2D eigenvalue weighted by Gasteiger charge is 2.55. The van der Waals surface area contributed by atoms with Gasteiger partial charge in [-0.3, -0.25) is 14.4 Å². The maximum absolute atomic E-state index is 13.5. The van der Waals surface area contributed by atoms with Crippen molar-refractivity contribution in [1.29, 1.82) is 0 Å². The van der Waals surface area contributed by atoms with Crippen molar-refractivity contribution in [3.8, 4) is 0 Å². The Labute approximate surface area is 215 Å². The molecule has 0 aliphatic carbocycles. The van der Waals surface area contributed by atoms with Crippen LogP contribution in [0, 0.1) is 5.92 Å². The van der Waals surface area contributed by atoms with E-state index >= 15 is 0 Å². The number of esters is 1. The van der Waals surface area contributed by atoms with Crippen molar-refractivity contribution in [2.24, 2.45) is 11.0 Å². The summed E-state index contributed by atoms with van der Waals surface area (Å²) in [6, 6.07) is 9.15. The fourth-order valence-corrected chi connectivity index (χ4v) is 5.04. The summed E-state index contributed by atoms with van der Waals surface area (Å²) in [5.74, 6) is -1.17. The van der Waals surface area contributed by atoms with Crippen LogP contribution in [0.5, 0.6) is 0 Å². The first-order chi connectivity index (χ1) is 17.4. The van der Waals surface area contributed by atoms with E-state index in [2.05, 4.69) is 10.0 Å². The first-order valence-corrected chi connectivity index (χ1v) is 12.4. The van der Waals surface area contributed by atoms with E-state index in [0.717, 1.165) is 5.56 Å². The Bertz CT molecular complexity index is 1270. The van der Waals surface area contributed by atoms with Gasteiger partial charge in [0.2, 0.25) is 0 Å². The highest BCUT2D eigenvalue weighted by molar-refractivity contribution is 6.45. The van der Waals surface area contributed by atoms with E-state index in [-0.39, 0.29) is 31.1 Å². The molecule has 2 unspecified atom stereocenters. The molecule has 196 valence electrons. The summed E-state index contributed by atoms with van der Waals surface area (Å²) in [5, 5.41) is 3.95. The lowest BCUT2D eigenvalue weighted by atomic mass is 9.78. The highest BCUT2D eigenvalue weighted by atomic mass is 16.7. The summed E-state index contributed by atoms with van der Waals surface area (Å²) in [6.45, 7) is 8.02. The normalized spacial score (nSPS) is 24.3. The molecule has 4 rings (SSSR count). The molecule has 2 saturated heterocycles. The van der Waals surface area contributed by atoms with Gasteiger partial charge in [0, 0.05) is 23.9 Å². The SMILES string of the molecule is CC1(C)OB(CCCC2CN(c3c(N)c(=O)c3=O)CC2(N=[N+]=[N-])C(=O)OCc2ccccc2)OC1(C)C. The Morgan fingerprint density at radius 3 is 2.43 bits per heavy atom. The average Bonchev–Trinajstić information content (AvgIpc) is 3.30. The molecule has 2 aromatic carbocycles. The standard InChI is InChI=1S/C25H32BN5O6/c1-23(2)24(3,4)37-26(36-23)12-8-11-17-13-31(19-18(27)20(32)21(19)33)15-25(17,29-30-28)22(34)35-14-16-9-6-5-7-10-16/h5-7,9-10,17H,8,11-15,27H2,1-4H3. The second-order valence-corrected chi connectivity index (χ2v) is 10.8. The summed E-state index contributed by atoms with van der Waals surface area (Å²) in [6.07, 6.45) is 1.64. The van der Waals surface area contributed by atoms with E-state index in [1.54, 1.807) is 4.90 Å². The highest BCUT2D eigenvalue weighted by Crippen LogP contribution is 2.41. The molecule has 2 N–H and O–H groups in total. The van der Waals surface area contributed by atoms with Crippen LogP contribution in [-0.4, -0.2) is 42.9 Å². The fraction of sp³-hybridized carbons (Fsp3) is 0.560. The van der Waals surface area contributed by atoms with Gasteiger partial charge in [-0.2, -0.15) is 0 Å².